The highest BCUT2D eigenvalue weighted by Crippen LogP contribution is 2.24. The molecule has 1 atom stereocenters. The summed E-state index contributed by atoms with van der Waals surface area (Å²) in [5.41, 5.74) is 11.0. The highest BCUT2D eigenvalue weighted by Gasteiger charge is 2.07. The van der Waals surface area contributed by atoms with E-state index in [1.54, 1.807) is 6.20 Å². The summed E-state index contributed by atoms with van der Waals surface area (Å²) >= 11 is 0. The van der Waals surface area contributed by atoms with Gasteiger partial charge in [-0.25, -0.2) is 0 Å². The number of aromatic nitrogens is 1. The Kier molecular flexibility index (Phi) is 6.13. The van der Waals surface area contributed by atoms with Crippen LogP contribution in [-0.2, 0) is 0 Å². The Morgan fingerprint density at radius 2 is 1.44 bits per heavy atom. The molecule has 2 nitrogen and oxygen atoms in total. The molecule has 2 N–H and O–H groups in total. The molecule has 3 rings (SSSR count). The van der Waals surface area contributed by atoms with Crippen molar-refractivity contribution in [3.63, 3.8) is 0 Å². The van der Waals surface area contributed by atoms with E-state index in [1.807, 2.05) is 18.2 Å². The second kappa shape index (κ2) is 8.95. The van der Waals surface area contributed by atoms with Gasteiger partial charge in [0.1, 0.15) is 0 Å². The first kappa shape index (κ1) is 17.1. The van der Waals surface area contributed by atoms with Crippen molar-refractivity contribution < 1.29 is 0 Å². The van der Waals surface area contributed by atoms with Crippen LogP contribution in [0.2, 0.25) is 0 Å². The van der Waals surface area contributed by atoms with Gasteiger partial charge < -0.3 is 5.73 Å². The van der Waals surface area contributed by atoms with E-state index in [4.69, 9.17) is 5.73 Å². The van der Waals surface area contributed by atoms with Crippen molar-refractivity contribution in [1.29, 1.82) is 0 Å². The van der Waals surface area contributed by atoms with Gasteiger partial charge >= 0.3 is 0 Å². The van der Waals surface area contributed by atoms with Gasteiger partial charge in [-0.05, 0) is 48.1 Å². The number of unbranched alkanes of at least 4 members (excludes halogenated alkanes) is 1. The third-order valence-electron chi connectivity index (χ3n) is 4.30. The predicted octanol–water partition coefficient (Wildman–Crippen LogP) is 5.38. The molecule has 0 aliphatic carbocycles. The molecular formula is C23H24N2. The van der Waals surface area contributed by atoms with Gasteiger partial charge in [0, 0.05) is 12.2 Å². The average Bonchev–Trinajstić information content (AvgIpc) is 2.70. The van der Waals surface area contributed by atoms with E-state index in [-0.39, 0.29) is 6.04 Å². The summed E-state index contributed by atoms with van der Waals surface area (Å²) in [7, 11) is 0. The van der Waals surface area contributed by atoms with Crippen molar-refractivity contribution in [3.05, 3.63) is 108 Å². The molecule has 0 saturated heterocycles. The van der Waals surface area contributed by atoms with Gasteiger partial charge in [0.05, 0.1) is 5.69 Å². The summed E-state index contributed by atoms with van der Waals surface area (Å²) in [5.74, 6) is 0. The van der Waals surface area contributed by atoms with Gasteiger partial charge in [-0.1, -0.05) is 72.8 Å². The lowest BCUT2D eigenvalue weighted by Gasteiger charge is -2.11. The fourth-order valence-corrected chi connectivity index (χ4v) is 2.97. The molecule has 2 heteroatoms. The van der Waals surface area contributed by atoms with Crippen LogP contribution in [0.15, 0.2) is 91.1 Å². The molecular weight excluding hydrogens is 304 g/mol. The maximum Gasteiger partial charge on any atom is 0.0570 e. The summed E-state index contributed by atoms with van der Waals surface area (Å²) in [6.07, 6.45) is 7.11. The zero-order valence-electron chi connectivity index (χ0n) is 14.4. The Bertz CT molecular complexity index is 739. The first-order chi connectivity index (χ1) is 12.3. The Hall–Kier alpha value is -2.71. The number of rotatable bonds is 7. The van der Waals surface area contributed by atoms with Crippen LogP contribution in [-0.4, -0.2) is 4.98 Å². The minimum atomic E-state index is 0.00602. The number of pyridine rings is 1. The predicted molar refractivity (Wildman–Crippen MR) is 105 cm³/mol. The molecule has 0 aliphatic rings. The summed E-state index contributed by atoms with van der Waals surface area (Å²) in [5, 5.41) is 0. The van der Waals surface area contributed by atoms with Crippen LogP contribution in [0.4, 0.5) is 0 Å². The van der Waals surface area contributed by atoms with E-state index in [2.05, 4.69) is 71.7 Å². The van der Waals surface area contributed by atoms with Crippen LogP contribution in [0, 0.1) is 0 Å². The van der Waals surface area contributed by atoms with Crippen molar-refractivity contribution in [2.75, 3.05) is 0 Å². The van der Waals surface area contributed by atoms with Crippen molar-refractivity contribution in [3.8, 4) is 0 Å². The van der Waals surface area contributed by atoms with Gasteiger partial charge in [-0.3, -0.25) is 4.98 Å². The molecule has 3 aromatic rings. The number of nitrogens with two attached hydrogens (primary N) is 1. The Morgan fingerprint density at radius 3 is 2.00 bits per heavy atom. The average molecular weight is 328 g/mol. The number of nitrogens with zero attached hydrogens (tertiary/aromatic N) is 1. The lowest BCUT2D eigenvalue weighted by molar-refractivity contribution is 0.603. The molecule has 0 aliphatic heterocycles. The summed E-state index contributed by atoms with van der Waals surface area (Å²) < 4.78 is 0. The summed E-state index contributed by atoms with van der Waals surface area (Å²) in [6, 6.07) is 27.0. The summed E-state index contributed by atoms with van der Waals surface area (Å²) in [6.45, 7) is 0. The molecule has 0 spiro atoms. The molecule has 0 fully saturated rings. The minimum absolute atomic E-state index is 0.00602. The highest BCUT2D eigenvalue weighted by atomic mass is 14.8. The van der Waals surface area contributed by atoms with E-state index in [9.17, 15) is 0 Å². The second-order valence-electron chi connectivity index (χ2n) is 6.14. The second-order valence-corrected chi connectivity index (χ2v) is 6.14. The topological polar surface area (TPSA) is 38.9 Å². The monoisotopic (exact) mass is 328 g/mol. The quantitative estimate of drug-likeness (QED) is 0.591. The van der Waals surface area contributed by atoms with Crippen LogP contribution in [0.5, 0.6) is 0 Å². The fraction of sp³-hybridized carbons (Fsp3) is 0.174. The SMILES string of the molecule is NC(CCCC=C(c1ccccc1)c1ccccc1)c1ccccn1. The van der Waals surface area contributed by atoms with Gasteiger partial charge in [0.2, 0.25) is 0 Å². The van der Waals surface area contributed by atoms with Crippen LogP contribution in [0.25, 0.3) is 5.57 Å². The van der Waals surface area contributed by atoms with Crippen LogP contribution < -0.4 is 5.73 Å². The third-order valence-corrected chi connectivity index (χ3v) is 4.30. The van der Waals surface area contributed by atoms with E-state index in [1.165, 1.54) is 16.7 Å². The van der Waals surface area contributed by atoms with Crippen LogP contribution in [0.3, 0.4) is 0 Å². The molecule has 0 radical (unpaired) electrons. The maximum absolute atomic E-state index is 6.25. The minimum Gasteiger partial charge on any atom is -0.323 e. The van der Waals surface area contributed by atoms with Crippen LogP contribution in [0.1, 0.15) is 42.1 Å². The van der Waals surface area contributed by atoms with Crippen LogP contribution >= 0.6 is 0 Å². The lowest BCUT2D eigenvalue weighted by Crippen LogP contribution is -2.11. The Balaban J connectivity index is 1.68. The normalized spacial score (nSPS) is 11.7. The highest BCUT2D eigenvalue weighted by molar-refractivity contribution is 5.79. The zero-order chi connectivity index (χ0) is 17.3. The molecule has 0 amide bonds. The molecule has 0 bridgehead atoms. The van der Waals surface area contributed by atoms with Crippen molar-refractivity contribution >= 4 is 5.57 Å². The van der Waals surface area contributed by atoms with Gasteiger partial charge in [-0.15, -0.1) is 0 Å². The third kappa shape index (κ3) is 4.88. The molecule has 2 aromatic carbocycles. The largest absolute Gasteiger partial charge is 0.323 e. The molecule has 1 unspecified atom stereocenters. The summed E-state index contributed by atoms with van der Waals surface area (Å²) in [4.78, 5) is 4.35. The maximum atomic E-state index is 6.25. The molecule has 0 saturated carbocycles. The molecule has 25 heavy (non-hydrogen) atoms. The fourth-order valence-electron chi connectivity index (χ4n) is 2.97. The zero-order valence-corrected chi connectivity index (χ0v) is 14.4. The first-order valence-corrected chi connectivity index (χ1v) is 8.82. The van der Waals surface area contributed by atoms with Gasteiger partial charge in [0.25, 0.3) is 0 Å². The number of hydrogen-bond donors (Lipinski definition) is 1. The Morgan fingerprint density at radius 1 is 0.840 bits per heavy atom. The Labute approximate surface area is 150 Å². The van der Waals surface area contributed by atoms with Gasteiger partial charge in [-0.2, -0.15) is 0 Å². The molecule has 1 aromatic heterocycles. The van der Waals surface area contributed by atoms with E-state index in [0.29, 0.717) is 0 Å². The van der Waals surface area contributed by atoms with E-state index in [0.717, 1.165) is 25.0 Å². The van der Waals surface area contributed by atoms with E-state index < -0.39 is 0 Å². The number of hydrogen-bond acceptors (Lipinski definition) is 2. The van der Waals surface area contributed by atoms with E-state index >= 15 is 0 Å². The lowest BCUT2D eigenvalue weighted by atomic mass is 9.96. The van der Waals surface area contributed by atoms with Crippen molar-refractivity contribution in [2.45, 2.75) is 25.3 Å². The first-order valence-electron chi connectivity index (χ1n) is 8.82. The standard InChI is InChI=1S/C23H24N2/c24-22(23-17-9-10-18-25-23)16-8-7-15-21(19-11-3-1-4-12-19)20-13-5-2-6-14-20/h1-6,9-15,17-18,22H,7-8,16,24H2. The number of benzene rings is 2. The van der Waals surface area contributed by atoms with Crippen molar-refractivity contribution in [1.82, 2.24) is 4.98 Å². The molecule has 1 heterocycles. The van der Waals surface area contributed by atoms with Gasteiger partial charge in [0.15, 0.2) is 0 Å². The molecule has 126 valence electrons. The van der Waals surface area contributed by atoms with Crippen molar-refractivity contribution in [2.24, 2.45) is 5.73 Å². The number of allylic oxidation sites excluding steroid dienone is 1. The smallest absolute Gasteiger partial charge is 0.0570 e.